The number of sulfonamides is 1. The molecule has 0 saturated carbocycles. The molecular formula is C16H19Cl2N2O2S+. The molecular weight excluding hydrogens is 355 g/mol. The van der Waals surface area contributed by atoms with Crippen molar-refractivity contribution in [2.75, 3.05) is 14.1 Å². The maximum Gasteiger partial charge on any atom is 0.242 e. The second kappa shape index (κ2) is 7.64. The Labute approximate surface area is 147 Å². The fourth-order valence-corrected chi connectivity index (χ4v) is 3.91. The lowest BCUT2D eigenvalue weighted by Gasteiger charge is -2.10. The standard InChI is InChI=1S/C16H18Cl2N2O2S/c1-20(2)11-13-8-6-12(7-9-13)10-19-23(21,22)15-5-3-4-14(17)16(15)18/h3-9,19H,10-11H2,1-2H3/p+1. The lowest BCUT2D eigenvalue weighted by Crippen LogP contribution is -3.04. The van der Waals surface area contributed by atoms with Gasteiger partial charge in [-0.15, -0.1) is 0 Å². The summed E-state index contributed by atoms with van der Waals surface area (Å²) in [7, 11) is 0.449. The largest absolute Gasteiger partial charge is 0.336 e. The Kier molecular flexibility index (Phi) is 6.06. The number of nitrogens with one attached hydrogen (secondary N) is 2. The van der Waals surface area contributed by atoms with Crippen molar-refractivity contribution < 1.29 is 13.3 Å². The minimum atomic E-state index is -3.71. The molecule has 0 atom stereocenters. The van der Waals surface area contributed by atoms with E-state index in [1.165, 1.54) is 16.5 Å². The molecule has 0 heterocycles. The van der Waals surface area contributed by atoms with Gasteiger partial charge in [0.25, 0.3) is 0 Å². The highest BCUT2D eigenvalue weighted by Crippen LogP contribution is 2.28. The summed E-state index contributed by atoms with van der Waals surface area (Å²) < 4.78 is 27.2. The highest BCUT2D eigenvalue weighted by molar-refractivity contribution is 7.89. The molecule has 0 saturated heterocycles. The summed E-state index contributed by atoms with van der Waals surface area (Å²) in [4.78, 5) is 1.31. The normalized spacial score (nSPS) is 11.9. The third-order valence-corrected chi connectivity index (χ3v) is 5.63. The van der Waals surface area contributed by atoms with E-state index in [-0.39, 0.29) is 21.5 Å². The van der Waals surface area contributed by atoms with E-state index in [1.54, 1.807) is 12.1 Å². The van der Waals surface area contributed by atoms with E-state index in [2.05, 4.69) is 18.8 Å². The molecule has 0 radical (unpaired) electrons. The van der Waals surface area contributed by atoms with Gasteiger partial charge in [0, 0.05) is 12.1 Å². The van der Waals surface area contributed by atoms with E-state index in [0.717, 1.165) is 12.1 Å². The first-order valence-electron chi connectivity index (χ1n) is 7.10. The fraction of sp³-hybridized carbons (Fsp3) is 0.250. The Morgan fingerprint density at radius 1 is 1.00 bits per heavy atom. The van der Waals surface area contributed by atoms with Gasteiger partial charge in [-0.05, 0) is 17.7 Å². The summed E-state index contributed by atoms with van der Waals surface area (Å²) in [6, 6.07) is 12.4. The van der Waals surface area contributed by atoms with Crippen LogP contribution in [0.2, 0.25) is 10.0 Å². The lowest BCUT2D eigenvalue weighted by molar-refractivity contribution is -0.872. The molecule has 2 aromatic rings. The van der Waals surface area contributed by atoms with Crippen molar-refractivity contribution in [2.45, 2.75) is 18.0 Å². The van der Waals surface area contributed by atoms with Gasteiger partial charge in [0.05, 0.1) is 24.1 Å². The number of quaternary nitrogens is 1. The van der Waals surface area contributed by atoms with Crippen LogP contribution in [0.4, 0.5) is 0 Å². The molecule has 0 amide bonds. The number of rotatable bonds is 6. The summed E-state index contributed by atoms with van der Waals surface area (Å²) in [6.45, 7) is 1.12. The zero-order valence-electron chi connectivity index (χ0n) is 12.9. The van der Waals surface area contributed by atoms with Crippen LogP contribution >= 0.6 is 23.2 Å². The molecule has 4 nitrogen and oxygen atoms in total. The minimum absolute atomic E-state index is 0.0144. The number of halogens is 2. The average molecular weight is 374 g/mol. The van der Waals surface area contributed by atoms with Crippen LogP contribution in [0.3, 0.4) is 0 Å². The van der Waals surface area contributed by atoms with Crippen molar-refractivity contribution in [3.63, 3.8) is 0 Å². The van der Waals surface area contributed by atoms with Gasteiger partial charge in [-0.2, -0.15) is 0 Å². The van der Waals surface area contributed by atoms with E-state index in [4.69, 9.17) is 23.2 Å². The molecule has 0 fully saturated rings. The van der Waals surface area contributed by atoms with Gasteiger partial charge in [0.2, 0.25) is 10.0 Å². The summed E-state index contributed by atoms with van der Waals surface area (Å²) in [5, 5.41) is 0.246. The van der Waals surface area contributed by atoms with Crippen LogP contribution in [0.25, 0.3) is 0 Å². The molecule has 124 valence electrons. The van der Waals surface area contributed by atoms with Crippen molar-refractivity contribution >= 4 is 33.2 Å². The fourth-order valence-electron chi connectivity index (χ4n) is 2.13. The first-order chi connectivity index (χ1) is 10.8. The number of hydrogen-bond donors (Lipinski definition) is 2. The Morgan fingerprint density at radius 3 is 2.22 bits per heavy atom. The quantitative estimate of drug-likeness (QED) is 0.814. The van der Waals surface area contributed by atoms with Gasteiger partial charge in [0.1, 0.15) is 11.4 Å². The van der Waals surface area contributed by atoms with Crippen molar-refractivity contribution in [1.29, 1.82) is 0 Å². The second-order valence-electron chi connectivity index (χ2n) is 5.58. The lowest BCUT2D eigenvalue weighted by atomic mass is 10.1. The topological polar surface area (TPSA) is 50.6 Å². The maximum absolute atomic E-state index is 12.3. The smallest absolute Gasteiger partial charge is 0.242 e. The molecule has 0 aliphatic rings. The monoisotopic (exact) mass is 373 g/mol. The molecule has 0 unspecified atom stereocenters. The predicted octanol–water partition coefficient (Wildman–Crippen LogP) is 2.12. The van der Waals surface area contributed by atoms with Crippen molar-refractivity contribution in [3.8, 4) is 0 Å². The predicted molar refractivity (Wildman–Crippen MR) is 93.4 cm³/mol. The molecule has 0 aromatic heterocycles. The van der Waals surface area contributed by atoms with Gasteiger partial charge in [-0.1, -0.05) is 53.5 Å². The van der Waals surface area contributed by atoms with Crippen LogP contribution in [-0.4, -0.2) is 22.5 Å². The molecule has 0 bridgehead atoms. The van der Waals surface area contributed by atoms with E-state index < -0.39 is 10.0 Å². The highest BCUT2D eigenvalue weighted by Gasteiger charge is 2.19. The van der Waals surface area contributed by atoms with E-state index >= 15 is 0 Å². The van der Waals surface area contributed by atoms with E-state index in [9.17, 15) is 8.42 Å². The Morgan fingerprint density at radius 2 is 1.61 bits per heavy atom. The third-order valence-electron chi connectivity index (χ3n) is 3.25. The van der Waals surface area contributed by atoms with Gasteiger partial charge in [-0.25, -0.2) is 13.1 Å². The Bertz CT molecular complexity index is 775. The number of hydrogen-bond acceptors (Lipinski definition) is 2. The molecule has 0 spiro atoms. The molecule has 0 aliphatic carbocycles. The first kappa shape index (κ1) is 18.2. The van der Waals surface area contributed by atoms with Gasteiger partial charge >= 0.3 is 0 Å². The first-order valence-corrected chi connectivity index (χ1v) is 9.34. The van der Waals surface area contributed by atoms with Crippen molar-refractivity contribution in [1.82, 2.24) is 4.72 Å². The summed E-state index contributed by atoms with van der Waals surface area (Å²) in [5.41, 5.74) is 2.08. The molecule has 0 aliphatic heterocycles. The van der Waals surface area contributed by atoms with Crippen LogP contribution in [-0.2, 0) is 23.1 Å². The van der Waals surface area contributed by atoms with Gasteiger partial charge < -0.3 is 4.90 Å². The summed E-state index contributed by atoms with van der Waals surface area (Å²) in [6.07, 6.45) is 0. The zero-order valence-corrected chi connectivity index (χ0v) is 15.3. The minimum Gasteiger partial charge on any atom is -0.336 e. The van der Waals surface area contributed by atoms with Crippen molar-refractivity contribution in [3.05, 3.63) is 63.6 Å². The second-order valence-corrected chi connectivity index (χ2v) is 8.10. The van der Waals surface area contributed by atoms with Crippen LogP contribution in [0.5, 0.6) is 0 Å². The molecule has 2 rings (SSSR count). The highest BCUT2D eigenvalue weighted by atomic mass is 35.5. The summed E-state index contributed by atoms with van der Waals surface area (Å²) in [5.74, 6) is 0. The third kappa shape index (κ3) is 4.93. The van der Waals surface area contributed by atoms with Gasteiger partial charge in [0.15, 0.2) is 0 Å². The molecule has 2 aromatic carbocycles. The van der Waals surface area contributed by atoms with E-state index in [1.807, 2.05) is 24.3 Å². The van der Waals surface area contributed by atoms with Crippen molar-refractivity contribution in [2.24, 2.45) is 0 Å². The van der Waals surface area contributed by atoms with Crippen LogP contribution in [0.1, 0.15) is 11.1 Å². The molecule has 23 heavy (non-hydrogen) atoms. The SMILES string of the molecule is C[NH+](C)Cc1ccc(CNS(=O)(=O)c2cccc(Cl)c2Cl)cc1. The molecule has 2 N–H and O–H groups in total. The van der Waals surface area contributed by atoms with Crippen LogP contribution < -0.4 is 9.62 Å². The maximum atomic E-state index is 12.3. The number of benzene rings is 2. The van der Waals surface area contributed by atoms with Crippen LogP contribution in [0.15, 0.2) is 47.4 Å². The Balaban J connectivity index is 2.09. The summed E-state index contributed by atoms with van der Waals surface area (Å²) >= 11 is 11.8. The molecule has 7 heteroatoms. The zero-order chi connectivity index (χ0) is 17.0. The van der Waals surface area contributed by atoms with Gasteiger partial charge in [-0.3, -0.25) is 0 Å². The van der Waals surface area contributed by atoms with Crippen LogP contribution in [0, 0.1) is 0 Å². The van der Waals surface area contributed by atoms with E-state index in [0.29, 0.717) is 0 Å². The Hall–Kier alpha value is -1.11. The average Bonchev–Trinajstić information content (AvgIpc) is 2.49.